The minimum Gasteiger partial charge on any atom is -0.423 e. The van der Waals surface area contributed by atoms with Gasteiger partial charge in [-0.1, -0.05) is 140 Å². The van der Waals surface area contributed by atoms with Crippen molar-refractivity contribution in [2.45, 2.75) is 27.1 Å². The molecule has 0 aliphatic carbocycles. The smallest absolute Gasteiger partial charge is 0.335 e. The Hall–Kier alpha value is -8.51. The van der Waals surface area contributed by atoms with Crippen LogP contribution in [0.1, 0.15) is 22.3 Å². The number of rotatable bonds is 12. The van der Waals surface area contributed by atoms with Gasteiger partial charge >= 0.3 is 5.97 Å². The molecular formula is C63H48N2O3. The van der Waals surface area contributed by atoms with Crippen LogP contribution in [0.2, 0.25) is 0 Å². The quantitative estimate of drug-likeness (QED) is 0.0531. The maximum absolute atomic E-state index is 11.5. The van der Waals surface area contributed by atoms with Crippen LogP contribution in [0.25, 0.3) is 71.3 Å². The first kappa shape index (κ1) is 42.1. The van der Waals surface area contributed by atoms with Crippen LogP contribution in [0.3, 0.4) is 0 Å². The van der Waals surface area contributed by atoms with Gasteiger partial charge in [-0.05, 0) is 159 Å². The second kappa shape index (κ2) is 18.0. The number of nitrogens with zero attached hydrogens (tertiary/aromatic N) is 2. The highest BCUT2D eigenvalue weighted by molar-refractivity contribution is 6.12. The molecule has 5 heteroatoms. The van der Waals surface area contributed by atoms with Crippen molar-refractivity contribution in [1.82, 2.24) is 4.57 Å². The van der Waals surface area contributed by atoms with E-state index in [0.29, 0.717) is 19.0 Å². The van der Waals surface area contributed by atoms with E-state index in [0.717, 1.165) is 62.1 Å². The maximum atomic E-state index is 11.5. The van der Waals surface area contributed by atoms with Crippen LogP contribution in [-0.2, 0) is 22.7 Å². The van der Waals surface area contributed by atoms with Gasteiger partial charge in [0.25, 0.3) is 0 Å². The summed E-state index contributed by atoms with van der Waals surface area (Å²) in [5.74, 6) is -0.00203. The number of aryl methyl sites for hydroxylation is 2. The third-order valence-electron chi connectivity index (χ3n) is 13.3. The van der Waals surface area contributed by atoms with Gasteiger partial charge in [0.05, 0.1) is 24.2 Å². The van der Waals surface area contributed by atoms with Crippen molar-refractivity contribution < 1.29 is 14.3 Å². The summed E-state index contributed by atoms with van der Waals surface area (Å²) in [7, 11) is 0. The molecule has 0 amide bonds. The van der Waals surface area contributed by atoms with Crippen molar-refractivity contribution in [2.24, 2.45) is 0 Å². The zero-order valence-corrected chi connectivity index (χ0v) is 38.0. The van der Waals surface area contributed by atoms with Gasteiger partial charge in [-0.3, -0.25) is 0 Å². The Labute approximate surface area is 396 Å². The predicted octanol–water partition coefficient (Wildman–Crippen LogP) is 16.3. The first-order chi connectivity index (χ1) is 33.4. The number of hydrogen-bond acceptors (Lipinski definition) is 4. The zero-order chi connectivity index (χ0) is 46.1. The van der Waals surface area contributed by atoms with E-state index in [4.69, 9.17) is 9.47 Å². The zero-order valence-electron chi connectivity index (χ0n) is 38.0. The Morgan fingerprint density at radius 3 is 1.66 bits per heavy atom. The summed E-state index contributed by atoms with van der Waals surface area (Å²) < 4.78 is 13.6. The van der Waals surface area contributed by atoms with E-state index in [2.05, 4.69) is 218 Å². The lowest BCUT2D eigenvalue weighted by Crippen LogP contribution is -2.10. The minimum absolute atomic E-state index is 0.443. The molecule has 0 N–H and O–H groups in total. The molecule has 0 unspecified atom stereocenters. The van der Waals surface area contributed by atoms with Gasteiger partial charge < -0.3 is 18.9 Å². The SMILES string of the molecule is C=CC(=O)Oc1ccc(COCc2ccc(-n3c4ccccc4c4cc(-c5ccc(N(c6ccc(-c7ccccc7)cc6)c6ccc7c(c6)c(C)c(C)c6ccccc67)cc5)ccc43)cc2)cc1. The summed E-state index contributed by atoms with van der Waals surface area (Å²) in [6.45, 7) is 8.86. The second-order valence-corrected chi connectivity index (χ2v) is 17.3. The molecule has 0 radical (unpaired) electrons. The van der Waals surface area contributed by atoms with Gasteiger partial charge in [0.2, 0.25) is 0 Å². The summed E-state index contributed by atoms with van der Waals surface area (Å²) in [6.07, 6.45) is 1.15. The molecule has 0 fully saturated rings. The number of ether oxygens (including phenoxy) is 2. The van der Waals surface area contributed by atoms with Crippen LogP contribution in [0, 0.1) is 13.8 Å². The van der Waals surface area contributed by atoms with Gasteiger partial charge in [0.1, 0.15) is 5.75 Å². The van der Waals surface area contributed by atoms with Crippen molar-refractivity contribution >= 4 is 66.4 Å². The molecule has 0 aliphatic heterocycles. The molecule has 0 saturated heterocycles. The average Bonchev–Trinajstić information content (AvgIpc) is 3.73. The Bertz CT molecular complexity index is 3650. The molecule has 1 heterocycles. The number of hydrogen-bond donors (Lipinski definition) is 0. The Balaban J connectivity index is 0.892. The number of anilines is 3. The van der Waals surface area contributed by atoms with E-state index in [9.17, 15) is 4.79 Å². The third-order valence-corrected chi connectivity index (χ3v) is 13.3. The lowest BCUT2D eigenvalue weighted by atomic mass is 9.92. The van der Waals surface area contributed by atoms with Crippen molar-refractivity contribution in [1.29, 1.82) is 0 Å². The number of fused-ring (bicyclic) bond motifs is 6. The molecule has 0 aliphatic rings. The summed E-state index contributed by atoms with van der Waals surface area (Å²) in [6, 6.07) is 75.5. The lowest BCUT2D eigenvalue weighted by molar-refractivity contribution is -0.128. The normalized spacial score (nSPS) is 11.4. The molecule has 68 heavy (non-hydrogen) atoms. The van der Waals surface area contributed by atoms with Crippen molar-refractivity contribution in [3.63, 3.8) is 0 Å². The first-order valence-electron chi connectivity index (χ1n) is 23.0. The standard InChI is InChI=1S/C63H48N2O3/c1-4-63(66)68-54-34-20-45(21-35-54)41-67-40-44-18-27-52(28-19-44)65-61-17-11-10-16-58(61)60-38-49(26-37-62(60)65)48-24-31-51(32-25-48)64(50-29-22-47(23-30-50)46-12-6-5-7-13-46)53-33-36-57-56-15-9-8-14-55(56)42(2)43(3)59(57)39-53/h4-39H,1,40-41H2,2-3H3. The van der Waals surface area contributed by atoms with Gasteiger partial charge in [0.15, 0.2) is 0 Å². The number of benzene rings is 10. The van der Waals surface area contributed by atoms with Crippen LogP contribution < -0.4 is 9.64 Å². The molecule has 0 saturated carbocycles. The van der Waals surface area contributed by atoms with Crippen LogP contribution >= 0.6 is 0 Å². The molecular weight excluding hydrogens is 833 g/mol. The lowest BCUT2D eigenvalue weighted by Gasteiger charge is -2.27. The number of carbonyl (C=O) groups is 1. The summed E-state index contributed by atoms with van der Waals surface area (Å²) in [5.41, 5.74) is 16.1. The predicted molar refractivity (Wildman–Crippen MR) is 282 cm³/mol. The van der Waals surface area contributed by atoms with E-state index in [1.807, 2.05) is 12.1 Å². The Kier molecular flexibility index (Phi) is 11.2. The van der Waals surface area contributed by atoms with Crippen molar-refractivity contribution in [3.05, 3.63) is 247 Å². The number of aromatic nitrogens is 1. The van der Waals surface area contributed by atoms with Crippen molar-refractivity contribution in [2.75, 3.05) is 4.90 Å². The fraction of sp³-hybridized carbons (Fsp3) is 0.0635. The van der Waals surface area contributed by atoms with E-state index < -0.39 is 5.97 Å². The maximum Gasteiger partial charge on any atom is 0.335 e. The third kappa shape index (κ3) is 7.99. The Morgan fingerprint density at radius 1 is 0.471 bits per heavy atom. The van der Waals surface area contributed by atoms with Gasteiger partial charge in [-0.25, -0.2) is 4.79 Å². The minimum atomic E-state index is -0.480. The van der Waals surface area contributed by atoms with E-state index in [1.54, 1.807) is 12.1 Å². The molecule has 0 spiro atoms. The van der Waals surface area contributed by atoms with Crippen LogP contribution in [0.4, 0.5) is 17.1 Å². The topological polar surface area (TPSA) is 43.7 Å². The molecule has 5 nitrogen and oxygen atoms in total. The van der Waals surface area contributed by atoms with Gasteiger partial charge in [0, 0.05) is 39.6 Å². The van der Waals surface area contributed by atoms with E-state index in [1.165, 1.54) is 54.6 Å². The first-order valence-corrected chi connectivity index (χ1v) is 23.0. The average molecular weight is 881 g/mol. The van der Waals surface area contributed by atoms with Crippen LogP contribution in [0.5, 0.6) is 5.75 Å². The largest absolute Gasteiger partial charge is 0.423 e. The second-order valence-electron chi connectivity index (χ2n) is 17.3. The fourth-order valence-electron chi connectivity index (χ4n) is 9.62. The van der Waals surface area contributed by atoms with Gasteiger partial charge in [-0.2, -0.15) is 0 Å². The Morgan fingerprint density at radius 2 is 0.985 bits per heavy atom. The highest BCUT2D eigenvalue weighted by Gasteiger charge is 2.18. The molecule has 0 atom stereocenters. The molecule has 10 aromatic carbocycles. The van der Waals surface area contributed by atoms with Crippen LogP contribution in [0.15, 0.2) is 225 Å². The van der Waals surface area contributed by atoms with E-state index >= 15 is 0 Å². The fourth-order valence-corrected chi connectivity index (χ4v) is 9.62. The highest BCUT2D eigenvalue weighted by Crippen LogP contribution is 2.41. The summed E-state index contributed by atoms with van der Waals surface area (Å²) >= 11 is 0. The summed E-state index contributed by atoms with van der Waals surface area (Å²) in [5, 5.41) is 7.54. The monoisotopic (exact) mass is 880 g/mol. The van der Waals surface area contributed by atoms with Gasteiger partial charge in [-0.15, -0.1) is 0 Å². The molecule has 1 aromatic heterocycles. The van der Waals surface area contributed by atoms with Crippen LogP contribution in [-0.4, -0.2) is 10.5 Å². The molecule has 11 aromatic rings. The van der Waals surface area contributed by atoms with E-state index in [-0.39, 0.29) is 0 Å². The highest BCUT2D eigenvalue weighted by atomic mass is 16.5. The number of esters is 1. The van der Waals surface area contributed by atoms with Crippen molar-refractivity contribution in [3.8, 4) is 33.7 Å². The molecule has 328 valence electrons. The molecule has 11 rings (SSSR count). The molecule has 0 bridgehead atoms. The number of para-hydroxylation sites is 1. The number of carbonyl (C=O) groups excluding carboxylic acids is 1. The summed E-state index contributed by atoms with van der Waals surface area (Å²) in [4.78, 5) is 13.9.